The Morgan fingerprint density at radius 3 is 2.89 bits per heavy atom. The molecule has 0 bridgehead atoms. The molecule has 1 aliphatic rings. The van der Waals surface area contributed by atoms with Crippen molar-refractivity contribution in [1.82, 2.24) is 9.88 Å². The lowest BCUT2D eigenvalue weighted by Crippen LogP contribution is -2.14. The van der Waals surface area contributed by atoms with E-state index in [1.807, 2.05) is 24.3 Å². The molecule has 96 valence electrons. The molecule has 0 atom stereocenters. The number of nitrogens with one attached hydrogen (secondary N) is 1. The van der Waals surface area contributed by atoms with Crippen molar-refractivity contribution in [3.63, 3.8) is 0 Å². The Hall–Kier alpha value is -2.05. The number of hydrogen-bond donors (Lipinski definition) is 1. The SMILES string of the molecule is N#Cc1ccccc1Cn1ccc(CNC2CC2)c1. The Balaban J connectivity index is 1.67. The maximum Gasteiger partial charge on any atom is 0.0995 e. The van der Waals surface area contributed by atoms with Crippen LogP contribution in [-0.4, -0.2) is 10.6 Å². The van der Waals surface area contributed by atoms with Crippen molar-refractivity contribution in [2.75, 3.05) is 0 Å². The molecule has 3 heteroatoms. The minimum atomic E-state index is 0.739. The minimum Gasteiger partial charge on any atom is -0.350 e. The van der Waals surface area contributed by atoms with E-state index < -0.39 is 0 Å². The van der Waals surface area contributed by atoms with Crippen molar-refractivity contribution < 1.29 is 0 Å². The lowest BCUT2D eigenvalue weighted by Gasteiger charge is -2.05. The third-order valence-electron chi connectivity index (χ3n) is 3.47. The smallest absolute Gasteiger partial charge is 0.0995 e. The molecule has 0 amide bonds. The zero-order chi connectivity index (χ0) is 13.1. The van der Waals surface area contributed by atoms with Crippen LogP contribution in [0.4, 0.5) is 0 Å². The third kappa shape index (κ3) is 3.04. The van der Waals surface area contributed by atoms with Crippen LogP contribution in [0.5, 0.6) is 0 Å². The molecule has 0 aliphatic heterocycles. The zero-order valence-corrected chi connectivity index (χ0v) is 10.8. The van der Waals surface area contributed by atoms with E-state index in [0.717, 1.165) is 30.3 Å². The van der Waals surface area contributed by atoms with Crippen LogP contribution < -0.4 is 5.32 Å². The molecule has 1 saturated carbocycles. The lowest BCUT2D eigenvalue weighted by molar-refractivity contribution is 0.685. The molecule has 19 heavy (non-hydrogen) atoms. The van der Waals surface area contributed by atoms with Gasteiger partial charge in [0, 0.05) is 31.5 Å². The summed E-state index contributed by atoms with van der Waals surface area (Å²) in [4.78, 5) is 0. The molecule has 1 heterocycles. The molecule has 0 saturated heterocycles. The standard InChI is InChI=1S/C16H17N3/c17-9-14-3-1-2-4-15(14)12-19-8-7-13(11-19)10-18-16-5-6-16/h1-4,7-8,11,16,18H,5-6,10,12H2. The summed E-state index contributed by atoms with van der Waals surface area (Å²) < 4.78 is 2.14. The molecule has 1 aliphatic carbocycles. The Morgan fingerprint density at radius 2 is 2.11 bits per heavy atom. The average molecular weight is 251 g/mol. The van der Waals surface area contributed by atoms with Crippen molar-refractivity contribution in [3.8, 4) is 6.07 Å². The van der Waals surface area contributed by atoms with Crippen LogP contribution in [0.3, 0.4) is 0 Å². The average Bonchev–Trinajstić information content (AvgIpc) is 3.17. The van der Waals surface area contributed by atoms with Crippen molar-refractivity contribution in [1.29, 1.82) is 5.26 Å². The van der Waals surface area contributed by atoms with Gasteiger partial charge in [-0.1, -0.05) is 18.2 Å². The molecule has 3 nitrogen and oxygen atoms in total. The molecule has 1 N–H and O–H groups in total. The topological polar surface area (TPSA) is 40.8 Å². The maximum atomic E-state index is 9.08. The first-order valence-electron chi connectivity index (χ1n) is 6.71. The molecule has 0 spiro atoms. The first kappa shape index (κ1) is 12.0. The predicted molar refractivity (Wildman–Crippen MR) is 74.6 cm³/mol. The highest BCUT2D eigenvalue weighted by Gasteiger charge is 2.19. The highest BCUT2D eigenvalue weighted by molar-refractivity contribution is 5.37. The largest absolute Gasteiger partial charge is 0.350 e. The fourth-order valence-corrected chi connectivity index (χ4v) is 2.21. The summed E-state index contributed by atoms with van der Waals surface area (Å²) in [6.45, 7) is 1.70. The molecule has 0 unspecified atom stereocenters. The van der Waals surface area contributed by atoms with Crippen molar-refractivity contribution in [3.05, 3.63) is 59.4 Å². The molecular weight excluding hydrogens is 234 g/mol. The molecular formula is C16H17N3. The minimum absolute atomic E-state index is 0.739. The summed E-state index contributed by atoms with van der Waals surface area (Å²) in [5, 5.41) is 12.6. The summed E-state index contributed by atoms with van der Waals surface area (Å²) in [7, 11) is 0. The summed E-state index contributed by atoms with van der Waals surface area (Å²) >= 11 is 0. The van der Waals surface area contributed by atoms with Gasteiger partial charge in [0.2, 0.25) is 0 Å². The van der Waals surface area contributed by atoms with E-state index >= 15 is 0 Å². The van der Waals surface area contributed by atoms with Crippen LogP contribution in [-0.2, 0) is 13.1 Å². The van der Waals surface area contributed by atoms with E-state index in [1.54, 1.807) is 0 Å². The monoisotopic (exact) mass is 251 g/mol. The predicted octanol–water partition coefficient (Wildman–Crippen LogP) is 2.66. The number of rotatable bonds is 5. The maximum absolute atomic E-state index is 9.08. The zero-order valence-electron chi connectivity index (χ0n) is 10.8. The number of hydrogen-bond acceptors (Lipinski definition) is 2. The Bertz CT molecular complexity index is 602. The van der Waals surface area contributed by atoms with Crippen molar-refractivity contribution in [2.45, 2.75) is 32.0 Å². The summed E-state index contributed by atoms with van der Waals surface area (Å²) in [6, 6.07) is 12.9. The van der Waals surface area contributed by atoms with Gasteiger partial charge in [0.25, 0.3) is 0 Å². The Kier molecular flexibility index (Phi) is 3.35. The van der Waals surface area contributed by atoms with E-state index in [2.05, 4.69) is 34.4 Å². The molecule has 1 fully saturated rings. The summed E-state index contributed by atoms with van der Waals surface area (Å²) in [6.07, 6.45) is 6.87. The molecule has 1 aromatic carbocycles. The number of nitriles is 1. The van der Waals surface area contributed by atoms with Crippen LogP contribution >= 0.6 is 0 Å². The first-order chi connectivity index (χ1) is 9.35. The summed E-state index contributed by atoms with van der Waals surface area (Å²) in [5.41, 5.74) is 3.14. The fraction of sp³-hybridized carbons (Fsp3) is 0.312. The fourth-order valence-electron chi connectivity index (χ4n) is 2.21. The van der Waals surface area contributed by atoms with E-state index in [-0.39, 0.29) is 0 Å². The number of nitrogens with zero attached hydrogens (tertiary/aromatic N) is 2. The van der Waals surface area contributed by atoms with E-state index in [0.29, 0.717) is 0 Å². The van der Waals surface area contributed by atoms with Crippen molar-refractivity contribution in [2.24, 2.45) is 0 Å². The van der Waals surface area contributed by atoms with E-state index in [4.69, 9.17) is 5.26 Å². The molecule has 0 radical (unpaired) electrons. The Morgan fingerprint density at radius 1 is 1.26 bits per heavy atom. The van der Waals surface area contributed by atoms with Gasteiger partial charge >= 0.3 is 0 Å². The highest BCUT2D eigenvalue weighted by Crippen LogP contribution is 2.19. The van der Waals surface area contributed by atoms with Gasteiger partial charge in [0.05, 0.1) is 11.6 Å². The quantitative estimate of drug-likeness (QED) is 0.887. The van der Waals surface area contributed by atoms with Gasteiger partial charge in [0.1, 0.15) is 0 Å². The second kappa shape index (κ2) is 5.29. The molecule has 1 aromatic heterocycles. The van der Waals surface area contributed by atoms with Crippen LogP contribution in [0.2, 0.25) is 0 Å². The molecule has 2 aromatic rings. The lowest BCUT2D eigenvalue weighted by atomic mass is 10.1. The second-order valence-electron chi connectivity index (χ2n) is 5.12. The normalized spacial score (nSPS) is 14.3. The second-order valence-corrected chi connectivity index (χ2v) is 5.12. The third-order valence-corrected chi connectivity index (χ3v) is 3.47. The number of aromatic nitrogens is 1. The Labute approximate surface area is 113 Å². The van der Waals surface area contributed by atoms with E-state index in [1.165, 1.54) is 18.4 Å². The first-order valence-corrected chi connectivity index (χ1v) is 6.71. The van der Waals surface area contributed by atoms with Gasteiger partial charge in [0.15, 0.2) is 0 Å². The van der Waals surface area contributed by atoms with Crippen molar-refractivity contribution >= 4 is 0 Å². The highest BCUT2D eigenvalue weighted by atomic mass is 15.0. The summed E-state index contributed by atoms with van der Waals surface area (Å²) in [5.74, 6) is 0. The van der Waals surface area contributed by atoms with Gasteiger partial charge in [-0.15, -0.1) is 0 Å². The van der Waals surface area contributed by atoms with Gasteiger partial charge in [-0.3, -0.25) is 0 Å². The van der Waals surface area contributed by atoms with Gasteiger partial charge in [-0.25, -0.2) is 0 Å². The molecule has 3 rings (SSSR count). The van der Waals surface area contributed by atoms with E-state index in [9.17, 15) is 0 Å². The van der Waals surface area contributed by atoms with Gasteiger partial charge in [-0.2, -0.15) is 5.26 Å². The number of benzene rings is 1. The van der Waals surface area contributed by atoms with Crippen LogP contribution in [0.15, 0.2) is 42.7 Å². The van der Waals surface area contributed by atoms with Crippen LogP contribution in [0.1, 0.15) is 29.5 Å². The van der Waals surface area contributed by atoms with Crippen LogP contribution in [0.25, 0.3) is 0 Å². The van der Waals surface area contributed by atoms with Gasteiger partial charge in [-0.05, 0) is 36.1 Å². The van der Waals surface area contributed by atoms with Gasteiger partial charge < -0.3 is 9.88 Å². The van der Waals surface area contributed by atoms with Crippen LogP contribution in [0, 0.1) is 11.3 Å².